The van der Waals surface area contributed by atoms with Crippen LogP contribution in [0.3, 0.4) is 0 Å². The van der Waals surface area contributed by atoms with Gasteiger partial charge in [0.2, 0.25) is 0 Å². The number of fused-ring (bicyclic) bond motifs is 3. The summed E-state index contributed by atoms with van der Waals surface area (Å²) >= 11 is 0. The third-order valence-electron chi connectivity index (χ3n) is 4.51. The van der Waals surface area contributed by atoms with Gasteiger partial charge in [0.1, 0.15) is 5.52 Å². The lowest BCUT2D eigenvalue weighted by atomic mass is 10.00. The van der Waals surface area contributed by atoms with Crippen molar-refractivity contribution < 1.29 is 4.74 Å². The van der Waals surface area contributed by atoms with Crippen LogP contribution in [-0.2, 0) is 11.2 Å². The Bertz CT molecular complexity index is 1030. The van der Waals surface area contributed by atoms with E-state index in [1.165, 1.54) is 5.56 Å². The minimum Gasteiger partial charge on any atom is -0.382 e. The lowest BCUT2D eigenvalue weighted by molar-refractivity contribution is 0.103. The smallest absolute Gasteiger partial charge is 0.150 e. The second kappa shape index (κ2) is 6.49. The third kappa shape index (κ3) is 2.92. The van der Waals surface area contributed by atoms with E-state index in [9.17, 15) is 0 Å². The normalized spacial score (nSPS) is 12.5. The molecule has 2 aromatic carbocycles. The fourth-order valence-electron chi connectivity index (χ4n) is 3.21. The molecule has 2 N–H and O–H groups in total. The van der Waals surface area contributed by atoms with Gasteiger partial charge in [-0.2, -0.15) is 0 Å². The van der Waals surface area contributed by atoms with E-state index in [0.717, 1.165) is 33.8 Å². The summed E-state index contributed by atoms with van der Waals surface area (Å²) < 4.78 is 5.74. The molecule has 0 radical (unpaired) electrons. The average molecular weight is 329 g/mol. The molecule has 0 aliphatic carbocycles. The molecular formula is C21H19N3O. The molecule has 0 amide bonds. The van der Waals surface area contributed by atoms with Crippen LogP contribution in [0.15, 0.2) is 66.9 Å². The van der Waals surface area contributed by atoms with Crippen LogP contribution in [0.2, 0.25) is 0 Å². The van der Waals surface area contributed by atoms with Gasteiger partial charge in [0.05, 0.1) is 11.6 Å². The predicted octanol–water partition coefficient (Wildman–Crippen LogP) is 4.30. The fourth-order valence-corrected chi connectivity index (χ4v) is 3.21. The molecule has 0 saturated heterocycles. The van der Waals surface area contributed by atoms with Gasteiger partial charge in [-0.3, -0.25) is 4.98 Å². The van der Waals surface area contributed by atoms with Crippen molar-refractivity contribution in [1.29, 1.82) is 0 Å². The molecule has 1 unspecified atom stereocenters. The minimum absolute atomic E-state index is 0.0625. The van der Waals surface area contributed by atoms with E-state index in [0.29, 0.717) is 5.82 Å². The predicted molar refractivity (Wildman–Crippen MR) is 101 cm³/mol. The van der Waals surface area contributed by atoms with Crippen LogP contribution in [0, 0.1) is 0 Å². The number of hydrogen-bond donors (Lipinski definition) is 1. The first kappa shape index (κ1) is 15.5. The lowest BCUT2D eigenvalue weighted by Crippen LogP contribution is -2.06. The number of nitrogen functional groups attached to an aromatic ring is 1. The van der Waals surface area contributed by atoms with Gasteiger partial charge in [-0.25, -0.2) is 4.98 Å². The highest BCUT2D eigenvalue weighted by Gasteiger charge is 2.15. The molecule has 4 rings (SSSR count). The first-order valence-corrected chi connectivity index (χ1v) is 8.27. The van der Waals surface area contributed by atoms with E-state index in [2.05, 4.69) is 34.2 Å². The summed E-state index contributed by atoms with van der Waals surface area (Å²) in [6, 6.07) is 20.4. The largest absolute Gasteiger partial charge is 0.382 e. The fraction of sp³-hybridized carbons (Fsp3) is 0.143. The lowest BCUT2D eigenvalue weighted by Gasteiger charge is -2.17. The number of nitrogens with two attached hydrogens (primary N) is 1. The Balaban J connectivity index is 1.83. The Morgan fingerprint density at radius 3 is 2.56 bits per heavy atom. The van der Waals surface area contributed by atoms with E-state index in [-0.39, 0.29) is 6.10 Å². The van der Waals surface area contributed by atoms with Crippen molar-refractivity contribution in [2.45, 2.75) is 12.5 Å². The quantitative estimate of drug-likeness (QED) is 0.567. The number of nitrogens with zero attached hydrogens (tertiary/aromatic N) is 2. The van der Waals surface area contributed by atoms with Crippen molar-refractivity contribution in [3.8, 4) is 0 Å². The summed E-state index contributed by atoms with van der Waals surface area (Å²) in [5, 5.41) is 2.06. The average Bonchev–Trinajstić information content (AvgIpc) is 2.67. The van der Waals surface area contributed by atoms with Crippen LogP contribution in [0.1, 0.15) is 17.2 Å². The van der Waals surface area contributed by atoms with E-state index < -0.39 is 0 Å². The Morgan fingerprint density at radius 1 is 1.00 bits per heavy atom. The first-order valence-electron chi connectivity index (χ1n) is 8.27. The molecule has 0 spiro atoms. The van der Waals surface area contributed by atoms with E-state index in [4.69, 9.17) is 10.5 Å². The molecule has 4 aromatic rings. The first-order chi connectivity index (χ1) is 12.3. The number of rotatable bonds is 4. The van der Waals surface area contributed by atoms with Gasteiger partial charge >= 0.3 is 0 Å². The monoisotopic (exact) mass is 329 g/mol. The van der Waals surface area contributed by atoms with E-state index >= 15 is 0 Å². The van der Waals surface area contributed by atoms with Crippen LogP contribution in [0.4, 0.5) is 5.82 Å². The minimum atomic E-state index is -0.0625. The Labute approximate surface area is 146 Å². The summed E-state index contributed by atoms with van der Waals surface area (Å²) in [5.74, 6) is 0.456. The molecule has 2 heterocycles. The van der Waals surface area contributed by atoms with Crippen molar-refractivity contribution in [1.82, 2.24) is 9.97 Å². The second-order valence-corrected chi connectivity index (χ2v) is 6.09. The highest BCUT2D eigenvalue weighted by molar-refractivity contribution is 6.08. The maximum atomic E-state index is 6.10. The van der Waals surface area contributed by atoms with Gasteiger partial charge in [-0.05, 0) is 17.7 Å². The number of ether oxygens (including phenoxy) is 1. The molecule has 0 aliphatic rings. The Morgan fingerprint density at radius 2 is 1.76 bits per heavy atom. The summed E-state index contributed by atoms with van der Waals surface area (Å²) in [4.78, 5) is 9.02. The molecule has 4 nitrogen and oxygen atoms in total. The number of pyridine rings is 2. The van der Waals surface area contributed by atoms with Gasteiger partial charge in [-0.1, -0.05) is 48.5 Å². The van der Waals surface area contributed by atoms with Crippen molar-refractivity contribution in [3.05, 3.63) is 78.0 Å². The maximum Gasteiger partial charge on any atom is 0.150 e. The van der Waals surface area contributed by atoms with Crippen LogP contribution in [0.5, 0.6) is 0 Å². The molecule has 124 valence electrons. The van der Waals surface area contributed by atoms with Gasteiger partial charge in [0.25, 0.3) is 0 Å². The van der Waals surface area contributed by atoms with Gasteiger partial charge in [0, 0.05) is 36.1 Å². The zero-order chi connectivity index (χ0) is 17.2. The van der Waals surface area contributed by atoms with Gasteiger partial charge in [0.15, 0.2) is 5.82 Å². The highest BCUT2D eigenvalue weighted by atomic mass is 16.5. The SMILES string of the molecule is COC(Cc1ccccc1)c1cnc2c(N)nc3ccccc3c2c1. The molecule has 2 aromatic heterocycles. The Kier molecular flexibility index (Phi) is 4.04. The second-order valence-electron chi connectivity index (χ2n) is 6.09. The number of anilines is 1. The number of aromatic nitrogens is 2. The number of para-hydroxylation sites is 1. The van der Waals surface area contributed by atoms with Crippen molar-refractivity contribution in [2.75, 3.05) is 12.8 Å². The molecule has 4 heteroatoms. The van der Waals surface area contributed by atoms with Crippen LogP contribution >= 0.6 is 0 Å². The zero-order valence-electron chi connectivity index (χ0n) is 14.0. The summed E-state index contributed by atoms with van der Waals surface area (Å²) in [5.41, 5.74) is 9.98. The molecular weight excluding hydrogens is 310 g/mol. The van der Waals surface area contributed by atoms with Crippen LogP contribution < -0.4 is 5.73 Å². The van der Waals surface area contributed by atoms with Crippen molar-refractivity contribution >= 4 is 27.6 Å². The topological polar surface area (TPSA) is 61.0 Å². The summed E-state index contributed by atoms with van der Waals surface area (Å²) in [6.07, 6.45) is 2.57. The molecule has 0 saturated carbocycles. The molecule has 0 aliphatic heterocycles. The van der Waals surface area contributed by atoms with Gasteiger partial charge in [-0.15, -0.1) is 0 Å². The van der Waals surface area contributed by atoms with E-state index in [1.54, 1.807) is 7.11 Å². The number of methoxy groups -OCH3 is 1. The maximum absolute atomic E-state index is 6.10. The summed E-state index contributed by atoms with van der Waals surface area (Å²) in [7, 11) is 1.73. The van der Waals surface area contributed by atoms with Crippen LogP contribution in [0.25, 0.3) is 21.8 Å². The van der Waals surface area contributed by atoms with Crippen molar-refractivity contribution in [3.63, 3.8) is 0 Å². The molecule has 0 bridgehead atoms. The number of benzene rings is 2. The standard InChI is InChI=1S/C21H19N3O/c1-25-19(11-14-7-3-2-4-8-14)15-12-17-16-9-5-6-10-18(16)24-21(22)20(17)23-13-15/h2-10,12-13,19H,11H2,1H3,(H2,22,24). The molecule has 1 atom stereocenters. The van der Waals surface area contributed by atoms with Crippen molar-refractivity contribution in [2.24, 2.45) is 0 Å². The number of hydrogen-bond acceptors (Lipinski definition) is 4. The third-order valence-corrected chi connectivity index (χ3v) is 4.51. The Hall–Kier alpha value is -2.98. The van der Waals surface area contributed by atoms with Gasteiger partial charge < -0.3 is 10.5 Å². The van der Waals surface area contributed by atoms with Crippen LogP contribution in [-0.4, -0.2) is 17.1 Å². The molecule has 25 heavy (non-hydrogen) atoms. The zero-order valence-corrected chi connectivity index (χ0v) is 14.0. The van der Waals surface area contributed by atoms with E-state index in [1.807, 2.05) is 42.6 Å². The summed E-state index contributed by atoms with van der Waals surface area (Å²) in [6.45, 7) is 0. The molecule has 0 fully saturated rings. The highest BCUT2D eigenvalue weighted by Crippen LogP contribution is 2.30.